The normalized spacial score (nSPS) is 21.1. The number of hydrogen-bond donors (Lipinski definition) is 1. The van der Waals surface area contributed by atoms with Gasteiger partial charge in [0.1, 0.15) is 0 Å². The topological polar surface area (TPSA) is 55.4 Å². The fourth-order valence-corrected chi connectivity index (χ4v) is 2.81. The van der Waals surface area contributed by atoms with Crippen molar-refractivity contribution in [2.24, 2.45) is 0 Å². The highest BCUT2D eigenvalue weighted by Crippen LogP contribution is 2.29. The minimum Gasteiger partial charge on any atom is -0.482 e. The Labute approximate surface area is 131 Å². The average Bonchev–Trinajstić information content (AvgIpc) is 2.45. The Morgan fingerprint density at radius 2 is 1.86 bits per heavy atom. The summed E-state index contributed by atoms with van der Waals surface area (Å²) in [6.45, 7) is 7.47. The van der Waals surface area contributed by atoms with Crippen LogP contribution in [0.3, 0.4) is 0 Å². The van der Waals surface area contributed by atoms with Gasteiger partial charge in [-0.3, -0.25) is 9.59 Å². The van der Waals surface area contributed by atoms with Gasteiger partial charge in [-0.1, -0.05) is 32.0 Å². The van der Waals surface area contributed by atoms with E-state index in [9.17, 15) is 9.59 Å². The molecule has 1 amide bonds. The molecule has 1 aliphatic rings. The van der Waals surface area contributed by atoms with Crippen LogP contribution in [0.25, 0.3) is 0 Å². The van der Waals surface area contributed by atoms with Crippen LogP contribution in [0.15, 0.2) is 30.0 Å². The predicted octanol–water partition coefficient (Wildman–Crippen LogP) is 3.40. The average molecular weight is 301 g/mol. The molecule has 1 aromatic rings. The van der Waals surface area contributed by atoms with E-state index in [0.717, 1.165) is 29.7 Å². The number of ether oxygens (including phenoxy) is 1. The van der Waals surface area contributed by atoms with E-state index in [1.165, 1.54) is 6.08 Å². The molecular formula is C18H23NO3. The summed E-state index contributed by atoms with van der Waals surface area (Å²) < 4.78 is 5.65. The molecule has 0 radical (unpaired) electrons. The molecule has 1 aliphatic heterocycles. The van der Waals surface area contributed by atoms with Crippen LogP contribution in [-0.2, 0) is 27.2 Å². The smallest absolute Gasteiger partial charge is 0.268 e. The summed E-state index contributed by atoms with van der Waals surface area (Å²) in [7, 11) is 0. The van der Waals surface area contributed by atoms with Crippen LogP contribution in [0.1, 0.15) is 45.2 Å². The van der Waals surface area contributed by atoms with Crippen molar-refractivity contribution in [2.45, 2.75) is 52.6 Å². The van der Waals surface area contributed by atoms with Crippen molar-refractivity contribution in [3.8, 4) is 0 Å². The molecular weight excluding hydrogens is 278 g/mol. The van der Waals surface area contributed by atoms with Crippen LogP contribution in [0.2, 0.25) is 0 Å². The molecule has 1 atom stereocenters. The van der Waals surface area contributed by atoms with Crippen molar-refractivity contribution < 1.29 is 14.3 Å². The highest BCUT2D eigenvalue weighted by Gasteiger charge is 2.40. The number of benzene rings is 1. The van der Waals surface area contributed by atoms with E-state index in [4.69, 9.17) is 4.74 Å². The number of para-hydroxylation sites is 1. The molecule has 22 heavy (non-hydrogen) atoms. The van der Waals surface area contributed by atoms with Gasteiger partial charge < -0.3 is 10.1 Å². The maximum absolute atomic E-state index is 12.7. The second kappa shape index (κ2) is 6.34. The van der Waals surface area contributed by atoms with E-state index in [-0.39, 0.29) is 18.1 Å². The van der Waals surface area contributed by atoms with E-state index in [2.05, 4.69) is 19.2 Å². The standard InChI is InChI=1S/C18H23NO3/c1-5-13-8-7-9-14(6-2)16(13)19-17(21)18(4)11-15(20)10-12(3)22-18/h7-10H,5-6,11H2,1-4H3,(H,19,21). The lowest BCUT2D eigenvalue weighted by atomic mass is 9.94. The lowest BCUT2D eigenvalue weighted by Gasteiger charge is -2.32. The molecule has 0 saturated heterocycles. The minimum absolute atomic E-state index is 0.0614. The van der Waals surface area contributed by atoms with Gasteiger partial charge in [-0.25, -0.2) is 0 Å². The molecule has 0 bridgehead atoms. The van der Waals surface area contributed by atoms with Crippen molar-refractivity contribution in [3.63, 3.8) is 0 Å². The third kappa shape index (κ3) is 3.21. The summed E-state index contributed by atoms with van der Waals surface area (Å²) in [6, 6.07) is 6.02. The van der Waals surface area contributed by atoms with E-state index in [0.29, 0.717) is 5.76 Å². The minimum atomic E-state index is -1.15. The molecule has 0 spiro atoms. The van der Waals surface area contributed by atoms with Gasteiger partial charge in [0, 0.05) is 11.8 Å². The summed E-state index contributed by atoms with van der Waals surface area (Å²) in [6.07, 6.45) is 3.16. The molecule has 0 aliphatic carbocycles. The molecule has 1 N–H and O–H groups in total. The molecule has 0 fully saturated rings. The molecule has 1 unspecified atom stereocenters. The highest BCUT2D eigenvalue weighted by atomic mass is 16.5. The van der Waals surface area contributed by atoms with Crippen molar-refractivity contribution in [1.29, 1.82) is 0 Å². The van der Waals surface area contributed by atoms with Crippen molar-refractivity contribution in [1.82, 2.24) is 0 Å². The summed E-state index contributed by atoms with van der Waals surface area (Å²) in [5.41, 5.74) is 1.88. The Balaban J connectivity index is 2.30. The van der Waals surface area contributed by atoms with Crippen LogP contribution in [0.4, 0.5) is 5.69 Å². The van der Waals surface area contributed by atoms with Gasteiger partial charge >= 0.3 is 0 Å². The van der Waals surface area contributed by atoms with Gasteiger partial charge in [-0.2, -0.15) is 0 Å². The lowest BCUT2D eigenvalue weighted by molar-refractivity contribution is -0.141. The zero-order valence-corrected chi connectivity index (χ0v) is 13.7. The van der Waals surface area contributed by atoms with E-state index >= 15 is 0 Å². The number of hydrogen-bond acceptors (Lipinski definition) is 3. The summed E-state index contributed by atoms with van der Waals surface area (Å²) in [4.78, 5) is 24.5. The van der Waals surface area contributed by atoms with Crippen LogP contribution < -0.4 is 5.32 Å². The van der Waals surface area contributed by atoms with E-state index < -0.39 is 5.60 Å². The van der Waals surface area contributed by atoms with Gasteiger partial charge in [-0.15, -0.1) is 0 Å². The van der Waals surface area contributed by atoms with Crippen molar-refractivity contribution in [2.75, 3.05) is 5.32 Å². The zero-order chi connectivity index (χ0) is 16.3. The Hall–Kier alpha value is -2.10. The zero-order valence-electron chi connectivity index (χ0n) is 13.7. The largest absolute Gasteiger partial charge is 0.482 e. The van der Waals surface area contributed by atoms with Gasteiger partial charge in [0.15, 0.2) is 11.4 Å². The number of amides is 1. The third-order valence-electron chi connectivity index (χ3n) is 3.98. The highest BCUT2D eigenvalue weighted by molar-refractivity contribution is 6.03. The number of allylic oxidation sites excluding steroid dienone is 2. The maximum atomic E-state index is 12.7. The first-order valence-corrected chi connectivity index (χ1v) is 7.72. The number of carbonyl (C=O) groups is 2. The third-order valence-corrected chi connectivity index (χ3v) is 3.98. The number of aryl methyl sites for hydroxylation is 2. The quantitative estimate of drug-likeness (QED) is 0.927. The monoisotopic (exact) mass is 301 g/mol. The summed E-state index contributed by atoms with van der Waals surface area (Å²) in [5.74, 6) is 0.123. The van der Waals surface area contributed by atoms with Gasteiger partial charge in [0.2, 0.25) is 0 Å². The lowest BCUT2D eigenvalue weighted by Crippen LogP contribution is -2.46. The molecule has 118 valence electrons. The molecule has 0 aromatic heterocycles. The van der Waals surface area contributed by atoms with Crippen molar-refractivity contribution in [3.05, 3.63) is 41.2 Å². The second-order valence-electron chi connectivity index (χ2n) is 5.84. The van der Waals surface area contributed by atoms with Crippen LogP contribution in [0.5, 0.6) is 0 Å². The van der Waals surface area contributed by atoms with E-state index in [1.54, 1.807) is 13.8 Å². The fourth-order valence-electron chi connectivity index (χ4n) is 2.81. The van der Waals surface area contributed by atoms with Gasteiger partial charge in [0.05, 0.1) is 12.2 Å². The number of carbonyl (C=O) groups excluding carboxylic acids is 2. The maximum Gasteiger partial charge on any atom is 0.268 e. The first-order valence-electron chi connectivity index (χ1n) is 7.72. The first kappa shape index (κ1) is 16.3. The van der Waals surface area contributed by atoms with E-state index in [1.807, 2.05) is 18.2 Å². The summed E-state index contributed by atoms with van der Waals surface area (Å²) in [5, 5.41) is 2.99. The molecule has 2 rings (SSSR count). The van der Waals surface area contributed by atoms with Crippen molar-refractivity contribution >= 4 is 17.4 Å². The number of rotatable bonds is 4. The molecule has 1 heterocycles. The number of nitrogens with one attached hydrogen (secondary N) is 1. The number of ketones is 1. The number of anilines is 1. The van der Waals surface area contributed by atoms with Gasteiger partial charge in [0.25, 0.3) is 5.91 Å². The molecule has 4 heteroatoms. The predicted molar refractivity (Wildman–Crippen MR) is 86.7 cm³/mol. The Morgan fingerprint density at radius 1 is 1.27 bits per heavy atom. The Morgan fingerprint density at radius 3 is 2.36 bits per heavy atom. The molecule has 1 aromatic carbocycles. The van der Waals surface area contributed by atoms with Crippen LogP contribution in [0, 0.1) is 0 Å². The first-order chi connectivity index (χ1) is 10.4. The van der Waals surface area contributed by atoms with Crippen LogP contribution >= 0.6 is 0 Å². The SMILES string of the molecule is CCc1cccc(CC)c1NC(=O)C1(C)CC(=O)C=C(C)O1. The van der Waals surface area contributed by atoms with Crippen LogP contribution in [-0.4, -0.2) is 17.3 Å². The Kier molecular flexibility index (Phi) is 4.69. The fraction of sp³-hybridized carbons (Fsp3) is 0.444. The molecule has 0 saturated carbocycles. The summed E-state index contributed by atoms with van der Waals surface area (Å²) >= 11 is 0. The molecule has 4 nitrogen and oxygen atoms in total. The Bertz CT molecular complexity index is 611. The van der Waals surface area contributed by atoms with Gasteiger partial charge in [-0.05, 0) is 37.8 Å². The second-order valence-corrected chi connectivity index (χ2v) is 5.84.